The van der Waals surface area contributed by atoms with Crippen molar-refractivity contribution in [3.63, 3.8) is 0 Å². The molecule has 1 fully saturated rings. The number of nitrogens with zero attached hydrogens (tertiary/aromatic N) is 2. The number of hydrogen-bond donors (Lipinski definition) is 0. The molecule has 1 aliphatic heterocycles. The summed E-state index contributed by atoms with van der Waals surface area (Å²) in [6, 6.07) is 2.12. The van der Waals surface area contributed by atoms with Crippen LogP contribution in [-0.2, 0) is 6.18 Å². The molecular weight excluding hydrogens is 309 g/mol. The largest absolute Gasteiger partial charge is 0.416 e. The normalized spacial score (nSPS) is 25.3. The van der Waals surface area contributed by atoms with Crippen LogP contribution in [0.15, 0.2) is 18.3 Å². The van der Waals surface area contributed by atoms with Crippen molar-refractivity contribution in [2.24, 2.45) is 5.92 Å². The molecule has 0 aliphatic carbocycles. The number of halogens is 4. The fourth-order valence-corrected chi connectivity index (χ4v) is 2.61. The minimum absolute atomic E-state index is 0.294. The van der Waals surface area contributed by atoms with Crippen molar-refractivity contribution in [2.45, 2.75) is 24.3 Å². The summed E-state index contributed by atoms with van der Waals surface area (Å²) in [5.41, 5.74) is -0.641. The fraction of sp³-hybridized carbons (Fsp3) is 0.583. The molecule has 2 unspecified atom stereocenters. The number of pyridine rings is 1. The molecule has 2 heterocycles. The van der Waals surface area contributed by atoms with Crippen molar-refractivity contribution in [3.05, 3.63) is 23.9 Å². The highest BCUT2D eigenvalue weighted by atomic mass is 79.9. The summed E-state index contributed by atoms with van der Waals surface area (Å²) < 4.78 is 37.9. The zero-order valence-electron chi connectivity index (χ0n) is 9.91. The Balaban J connectivity index is 2.19. The van der Waals surface area contributed by atoms with Gasteiger partial charge in [0.15, 0.2) is 0 Å². The Morgan fingerprint density at radius 1 is 1.44 bits per heavy atom. The molecule has 0 saturated carbocycles. The number of aromatic nitrogens is 1. The van der Waals surface area contributed by atoms with E-state index in [0.717, 1.165) is 25.1 Å². The van der Waals surface area contributed by atoms with Gasteiger partial charge in [-0.15, -0.1) is 0 Å². The van der Waals surface area contributed by atoms with Gasteiger partial charge in [0.1, 0.15) is 5.82 Å². The first-order valence-corrected chi connectivity index (χ1v) is 6.72. The second-order valence-corrected chi connectivity index (χ2v) is 5.80. The van der Waals surface area contributed by atoms with Crippen LogP contribution >= 0.6 is 15.9 Å². The van der Waals surface area contributed by atoms with Crippen LogP contribution in [0.5, 0.6) is 0 Å². The summed E-state index contributed by atoms with van der Waals surface area (Å²) in [6.07, 6.45) is -2.14. The van der Waals surface area contributed by atoms with Crippen LogP contribution in [-0.4, -0.2) is 22.9 Å². The van der Waals surface area contributed by atoms with Gasteiger partial charge >= 0.3 is 6.18 Å². The lowest BCUT2D eigenvalue weighted by atomic mass is 9.99. The molecule has 2 atom stereocenters. The Morgan fingerprint density at radius 3 is 2.78 bits per heavy atom. The Hall–Kier alpha value is -0.780. The quantitative estimate of drug-likeness (QED) is 0.733. The third-order valence-corrected chi connectivity index (χ3v) is 4.46. The van der Waals surface area contributed by atoms with E-state index in [1.54, 1.807) is 0 Å². The van der Waals surface area contributed by atoms with Crippen LogP contribution in [0, 0.1) is 5.92 Å². The van der Waals surface area contributed by atoms with Crippen molar-refractivity contribution >= 4 is 21.7 Å². The minimum Gasteiger partial charge on any atom is -0.355 e. The molecule has 0 N–H and O–H groups in total. The first kappa shape index (κ1) is 13.6. The molecule has 0 radical (unpaired) electrons. The highest BCUT2D eigenvalue weighted by molar-refractivity contribution is 9.09. The Bertz CT molecular complexity index is 422. The molecule has 18 heavy (non-hydrogen) atoms. The Kier molecular flexibility index (Phi) is 3.84. The van der Waals surface area contributed by atoms with Crippen LogP contribution in [0.3, 0.4) is 0 Å². The molecular formula is C12H14BrF3N2. The van der Waals surface area contributed by atoms with Crippen molar-refractivity contribution in [2.75, 3.05) is 18.0 Å². The number of rotatable bonds is 1. The van der Waals surface area contributed by atoms with Gasteiger partial charge in [-0.1, -0.05) is 22.9 Å². The van der Waals surface area contributed by atoms with Gasteiger partial charge in [-0.05, 0) is 24.5 Å². The van der Waals surface area contributed by atoms with E-state index in [1.807, 2.05) is 4.90 Å². The molecule has 2 nitrogen and oxygen atoms in total. The van der Waals surface area contributed by atoms with Crippen LogP contribution in [0.2, 0.25) is 0 Å². The van der Waals surface area contributed by atoms with Crippen LogP contribution in [0.1, 0.15) is 18.9 Å². The van der Waals surface area contributed by atoms with Gasteiger partial charge in [-0.3, -0.25) is 0 Å². The van der Waals surface area contributed by atoms with Crippen molar-refractivity contribution in [1.29, 1.82) is 0 Å². The van der Waals surface area contributed by atoms with E-state index in [1.165, 1.54) is 6.20 Å². The van der Waals surface area contributed by atoms with Gasteiger partial charge in [0.2, 0.25) is 0 Å². The number of piperidine rings is 1. The third-order valence-electron chi connectivity index (χ3n) is 3.26. The summed E-state index contributed by atoms with van der Waals surface area (Å²) >= 11 is 3.56. The second kappa shape index (κ2) is 5.07. The highest BCUT2D eigenvalue weighted by Gasteiger charge is 2.32. The van der Waals surface area contributed by atoms with E-state index >= 15 is 0 Å². The maximum absolute atomic E-state index is 12.6. The van der Waals surface area contributed by atoms with Gasteiger partial charge in [0.05, 0.1) is 5.56 Å². The molecule has 1 saturated heterocycles. The average Bonchev–Trinajstić information content (AvgIpc) is 2.32. The highest BCUT2D eigenvalue weighted by Crippen LogP contribution is 2.32. The number of alkyl halides is 4. The summed E-state index contributed by atoms with van der Waals surface area (Å²) in [5, 5.41) is 0. The van der Waals surface area contributed by atoms with E-state index in [-0.39, 0.29) is 0 Å². The van der Waals surface area contributed by atoms with Gasteiger partial charge < -0.3 is 4.90 Å². The summed E-state index contributed by atoms with van der Waals surface area (Å²) in [4.78, 5) is 6.23. The molecule has 0 amide bonds. The molecule has 100 valence electrons. The molecule has 0 bridgehead atoms. The summed E-state index contributed by atoms with van der Waals surface area (Å²) in [5.74, 6) is 0.938. The predicted octanol–water partition coefficient (Wildman–Crippen LogP) is 3.71. The summed E-state index contributed by atoms with van der Waals surface area (Å²) in [7, 11) is 0. The van der Waals surface area contributed by atoms with Gasteiger partial charge in [0, 0.05) is 24.1 Å². The zero-order chi connectivity index (χ0) is 13.3. The molecule has 1 aromatic rings. The van der Waals surface area contributed by atoms with Crippen LogP contribution in [0.25, 0.3) is 0 Å². The lowest BCUT2D eigenvalue weighted by molar-refractivity contribution is -0.137. The van der Waals surface area contributed by atoms with Crippen LogP contribution in [0.4, 0.5) is 19.0 Å². The Morgan fingerprint density at radius 2 is 2.17 bits per heavy atom. The zero-order valence-corrected chi connectivity index (χ0v) is 11.5. The third kappa shape index (κ3) is 2.96. The lowest BCUT2D eigenvalue weighted by Crippen LogP contribution is -2.40. The number of anilines is 1. The first-order chi connectivity index (χ1) is 8.38. The maximum atomic E-state index is 12.6. The minimum atomic E-state index is -4.31. The average molecular weight is 323 g/mol. The van der Waals surface area contributed by atoms with Gasteiger partial charge in [-0.2, -0.15) is 13.2 Å². The smallest absolute Gasteiger partial charge is 0.355 e. The van der Waals surface area contributed by atoms with Crippen LogP contribution < -0.4 is 4.90 Å². The molecule has 0 spiro atoms. The van der Waals surface area contributed by atoms with E-state index in [0.29, 0.717) is 23.1 Å². The van der Waals surface area contributed by atoms with E-state index in [2.05, 4.69) is 27.8 Å². The van der Waals surface area contributed by atoms with Crippen molar-refractivity contribution in [1.82, 2.24) is 4.98 Å². The van der Waals surface area contributed by atoms with Gasteiger partial charge in [0.25, 0.3) is 0 Å². The summed E-state index contributed by atoms with van der Waals surface area (Å²) in [6.45, 7) is 3.57. The van der Waals surface area contributed by atoms with Crippen molar-refractivity contribution in [3.8, 4) is 0 Å². The molecule has 6 heteroatoms. The Labute approximate surface area is 112 Å². The predicted molar refractivity (Wildman–Crippen MR) is 67.9 cm³/mol. The van der Waals surface area contributed by atoms with Crippen molar-refractivity contribution < 1.29 is 13.2 Å². The van der Waals surface area contributed by atoms with E-state index < -0.39 is 11.7 Å². The lowest BCUT2D eigenvalue weighted by Gasteiger charge is -2.35. The van der Waals surface area contributed by atoms with Gasteiger partial charge in [-0.25, -0.2) is 4.98 Å². The fourth-order valence-electron chi connectivity index (χ4n) is 2.00. The standard InChI is InChI=1S/C12H14BrF3N2/c1-8-3-5-18(7-10(8)13)11-6-9(2-4-17-11)12(14,15)16/h2,4,6,8,10H,3,5,7H2,1H3. The molecule has 1 aliphatic rings. The maximum Gasteiger partial charge on any atom is 0.416 e. The second-order valence-electron chi connectivity index (χ2n) is 4.63. The molecule has 1 aromatic heterocycles. The molecule has 2 rings (SSSR count). The topological polar surface area (TPSA) is 16.1 Å². The van der Waals surface area contributed by atoms with E-state index in [4.69, 9.17) is 0 Å². The van der Waals surface area contributed by atoms with E-state index in [9.17, 15) is 13.2 Å². The SMILES string of the molecule is CC1CCN(c2cc(C(F)(F)F)ccn2)CC1Br. The first-order valence-electron chi connectivity index (χ1n) is 5.80. The number of hydrogen-bond acceptors (Lipinski definition) is 2. The molecule has 0 aromatic carbocycles. The monoisotopic (exact) mass is 322 g/mol.